The molecule has 0 radical (unpaired) electrons. The number of ketones is 1. The molecule has 0 bridgehead atoms. The smallest absolute Gasteiger partial charge is 0.267 e. The van der Waals surface area contributed by atoms with Gasteiger partial charge in [0.15, 0.2) is 10.8 Å². The van der Waals surface area contributed by atoms with Crippen LogP contribution in [0.1, 0.15) is 57.6 Å². The van der Waals surface area contributed by atoms with Crippen LogP contribution in [0.5, 0.6) is 0 Å². The van der Waals surface area contributed by atoms with E-state index in [1.54, 1.807) is 6.07 Å². The van der Waals surface area contributed by atoms with E-state index in [9.17, 15) is 14.4 Å². The van der Waals surface area contributed by atoms with Gasteiger partial charge in [0.1, 0.15) is 4.88 Å². The van der Waals surface area contributed by atoms with Crippen LogP contribution in [0.2, 0.25) is 0 Å². The first-order valence-corrected chi connectivity index (χ1v) is 9.45. The van der Waals surface area contributed by atoms with Crippen LogP contribution >= 0.6 is 11.3 Å². The van der Waals surface area contributed by atoms with Crippen LogP contribution in [0.3, 0.4) is 0 Å². The lowest BCUT2D eigenvalue weighted by Crippen LogP contribution is -2.21. The fourth-order valence-corrected chi connectivity index (χ4v) is 3.73. The van der Waals surface area contributed by atoms with Crippen LogP contribution in [0.4, 0.5) is 11.4 Å². The molecule has 0 unspecified atom stereocenters. The highest BCUT2D eigenvalue weighted by Gasteiger charge is 2.23. The largest absolute Gasteiger partial charge is 0.324 e. The van der Waals surface area contributed by atoms with Gasteiger partial charge in [0.05, 0.1) is 17.6 Å². The van der Waals surface area contributed by atoms with Crippen molar-refractivity contribution in [3.63, 3.8) is 0 Å². The van der Waals surface area contributed by atoms with Crippen molar-refractivity contribution in [1.29, 1.82) is 0 Å². The summed E-state index contributed by atoms with van der Waals surface area (Å²) in [4.78, 5) is 40.6. The lowest BCUT2D eigenvalue weighted by Gasteiger charge is -2.15. The Kier molecular flexibility index (Phi) is 5.46. The maximum atomic E-state index is 12.5. The van der Waals surface area contributed by atoms with Crippen molar-refractivity contribution in [2.24, 2.45) is 5.92 Å². The predicted octanol–water partition coefficient (Wildman–Crippen LogP) is 4.04. The van der Waals surface area contributed by atoms with Crippen molar-refractivity contribution < 1.29 is 14.4 Å². The summed E-state index contributed by atoms with van der Waals surface area (Å²) >= 11 is 1.05. The Bertz CT molecular complexity index is 853. The first kappa shape index (κ1) is 18.3. The number of thiazole rings is 1. The zero-order chi connectivity index (χ0) is 18.7. The molecule has 0 aliphatic heterocycles. The minimum Gasteiger partial charge on any atom is -0.324 e. The number of nitrogens with one attached hydrogen (secondary N) is 2. The normalized spacial score (nSPS) is 14.2. The van der Waals surface area contributed by atoms with E-state index in [-0.39, 0.29) is 23.5 Å². The monoisotopic (exact) mass is 371 g/mol. The number of carbonyl (C=O) groups excluding carboxylic acids is 3. The molecule has 6 nitrogen and oxygen atoms in total. The first-order valence-electron chi connectivity index (χ1n) is 8.63. The second-order valence-corrected chi connectivity index (χ2v) is 7.59. The molecular formula is C19H21N3O3S. The molecule has 1 aliphatic carbocycles. The molecule has 1 aromatic carbocycles. The second kappa shape index (κ2) is 7.78. The van der Waals surface area contributed by atoms with Crippen molar-refractivity contribution in [3.05, 3.63) is 39.8 Å². The number of amides is 2. The molecule has 3 rings (SSSR count). The van der Waals surface area contributed by atoms with Gasteiger partial charge >= 0.3 is 0 Å². The van der Waals surface area contributed by atoms with E-state index in [0.29, 0.717) is 21.3 Å². The van der Waals surface area contributed by atoms with Crippen LogP contribution in [-0.2, 0) is 4.79 Å². The van der Waals surface area contributed by atoms with Crippen LogP contribution in [0, 0.1) is 12.8 Å². The lowest BCUT2D eigenvalue weighted by atomic mass is 10.1. The fraction of sp³-hybridized carbons (Fsp3) is 0.368. The quantitative estimate of drug-likeness (QED) is 0.777. The van der Waals surface area contributed by atoms with Crippen LogP contribution < -0.4 is 10.6 Å². The van der Waals surface area contributed by atoms with E-state index < -0.39 is 0 Å². The molecule has 2 aromatic rings. The van der Waals surface area contributed by atoms with Gasteiger partial charge in [-0.05, 0) is 37.5 Å². The third-order valence-corrected chi connectivity index (χ3v) is 5.53. The summed E-state index contributed by atoms with van der Waals surface area (Å²) in [6, 6.07) is 5.50. The Hall–Kier alpha value is -2.54. The van der Waals surface area contributed by atoms with Gasteiger partial charge in [0, 0.05) is 12.8 Å². The van der Waals surface area contributed by atoms with E-state index in [4.69, 9.17) is 0 Å². The van der Waals surface area contributed by atoms with Crippen molar-refractivity contribution in [2.75, 3.05) is 10.6 Å². The number of hydrogen-bond acceptors (Lipinski definition) is 5. The molecule has 1 aliphatic rings. The number of hydrogen-bond donors (Lipinski definition) is 2. The van der Waals surface area contributed by atoms with Gasteiger partial charge in [-0.25, -0.2) is 4.98 Å². The first-order chi connectivity index (χ1) is 12.4. The summed E-state index contributed by atoms with van der Waals surface area (Å²) in [5, 5.41) is 6.06. The lowest BCUT2D eigenvalue weighted by molar-refractivity contribution is -0.119. The van der Waals surface area contributed by atoms with Gasteiger partial charge < -0.3 is 10.6 Å². The van der Waals surface area contributed by atoms with Gasteiger partial charge in [0.25, 0.3) is 5.91 Å². The number of anilines is 2. The molecule has 1 heterocycles. The zero-order valence-corrected chi connectivity index (χ0v) is 15.6. The summed E-state index contributed by atoms with van der Waals surface area (Å²) in [5.74, 6) is -0.482. The van der Waals surface area contributed by atoms with Gasteiger partial charge in [-0.3, -0.25) is 14.4 Å². The summed E-state index contributed by atoms with van der Waals surface area (Å²) < 4.78 is 0. The highest BCUT2D eigenvalue weighted by Crippen LogP contribution is 2.29. The van der Waals surface area contributed by atoms with Crippen LogP contribution in [0.15, 0.2) is 24.4 Å². The summed E-state index contributed by atoms with van der Waals surface area (Å²) in [6.07, 6.45) is 5.38. The number of benzene rings is 1. The molecule has 136 valence electrons. The van der Waals surface area contributed by atoms with E-state index >= 15 is 0 Å². The Morgan fingerprint density at radius 2 is 1.85 bits per heavy atom. The van der Waals surface area contributed by atoms with Crippen molar-refractivity contribution >= 4 is 40.3 Å². The van der Waals surface area contributed by atoms with E-state index in [2.05, 4.69) is 15.6 Å². The molecular weight excluding hydrogens is 350 g/mol. The molecule has 1 fully saturated rings. The summed E-state index contributed by atoms with van der Waals surface area (Å²) in [6.45, 7) is 3.33. The van der Waals surface area contributed by atoms with E-state index in [1.807, 2.05) is 19.1 Å². The molecule has 26 heavy (non-hydrogen) atoms. The maximum Gasteiger partial charge on any atom is 0.267 e. The van der Waals surface area contributed by atoms with Crippen molar-refractivity contribution in [3.8, 4) is 0 Å². The molecule has 0 saturated heterocycles. The number of rotatable bonds is 5. The minimum atomic E-state index is -0.350. The van der Waals surface area contributed by atoms with E-state index in [1.165, 1.54) is 13.1 Å². The summed E-state index contributed by atoms with van der Waals surface area (Å²) in [7, 11) is 0. The molecule has 1 saturated carbocycles. The predicted molar refractivity (Wildman–Crippen MR) is 102 cm³/mol. The van der Waals surface area contributed by atoms with Crippen LogP contribution in [0.25, 0.3) is 0 Å². The third-order valence-electron chi connectivity index (χ3n) is 4.44. The number of nitrogens with zero attached hydrogens (tertiary/aromatic N) is 1. The third kappa shape index (κ3) is 4.16. The topological polar surface area (TPSA) is 88.2 Å². The SMILES string of the molecule is CC(=O)c1ncc(C(=O)Nc2cc(C)ccc2NC(=O)C2CCCC2)s1. The molecule has 2 amide bonds. The standard InChI is InChI=1S/C19H21N3O3S/c1-11-7-8-14(21-17(24)13-5-3-4-6-13)15(9-11)22-18(25)16-10-20-19(26-16)12(2)23/h7-10,13H,3-6H2,1-2H3,(H,21,24)(H,22,25). The number of carbonyl (C=O) groups is 3. The maximum absolute atomic E-state index is 12.5. The number of Topliss-reactive ketones (excluding diaryl/α,β-unsaturated/α-hetero) is 1. The van der Waals surface area contributed by atoms with Gasteiger partial charge in [-0.2, -0.15) is 0 Å². The van der Waals surface area contributed by atoms with Gasteiger partial charge in [-0.1, -0.05) is 18.9 Å². The fourth-order valence-electron chi connectivity index (χ4n) is 3.02. The Morgan fingerprint density at radius 3 is 2.50 bits per heavy atom. The minimum absolute atomic E-state index is 0.00138. The average Bonchev–Trinajstić information content (AvgIpc) is 3.29. The van der Waals surface area contributed by atoms with Gasteiger partial charge in [-0.15, -0.1) is 11.3 Å². The molecule has 0 atom stereocenters. The second-order valence-electron chi connectivity index (χ2n) is 6.56. The van der Waals surface area contributed by atoms with Crippen molar-refractivity contribution in [1.82, 2.24) is 4.98 Å². The Balaban J connectivity index is 1.77. The molecule has 2 N–H and O–H groups in total. The summed E-state index contributed by atoms with van der Waals surface area (Å²) in [5.41, 5.74) is 2.09. The number of aryl methyl sites for hydroxylation is 1. The van der Waals surface area contributed by atoms with E-state index in [0.717, 1.165) is 42.6 Å². The Labute approximate surface area is 156 Å². The average molecular weight is 371 g/mol. The molecule has 0 spiro atoms. The van der Waals surface area contributed by atoms with Gasteiger partial charge in [0.2, 0.25) is 5.91 Å². The van der Waals surface area contributed by atoms with Crippen molar-refractivity contribution in [2.45, 2.75) is 39.5 Å². The highest BCUT2D eigenvalue weighted by molar-refractivity contribution is 7.15. The zero-order valence-electron chi connectivity index (χ0n) is 14.8. The van der Waals surface area contributed by atoms with Crippen LogP contribution in [-0.4, -0.2) is 22.6 Å². The molecule has 7 heteroatoms. The molecule has 1 aromatic heterocycles. The Morgan fingerprint density at radius 1 is 1.12 bits per heavy atom. The number of aromatic nitrogens is 1. The highest BCUT2D eigenvalue weighted by atomic mass is 32.1.